The molecule has 8 rings (SSSR count). The number of anilines is 4. The van der Waals surface area contributed by atoms with Crippen molar-refractivity contribution in [2.75, 3.05) is 24.9 Å². The summed E-state index contributed by atoms with van der Waals surface area (Å²) < 4.78 is 12.8. The summed E-state index contributed by atoms with van der Waals surface area (Å²) in [6.07, 6.45) is 5.07. The number of hydrogen-bond donors (Lipinski definition) is 2. The first kappa shape index (κ1) is 39.3. The van der Waals surface area contributed by atoms with Gasteiger partial charge in [-0.1, -0.05) is 60.7 Å². The topological polar surface area (TPSA) is 138 Å². The van der Waals surface area contributed by atoms with E-state index in [-0.39, 0.29) is 0 Å². The van der Waals surface area contributed by atoms with E-state index in [2.05, 4.69) is 64.9 Å². The van der Waals surface area contributed by atoms with Crippen molar-refractivity contribution in [2.24, 2.45) is 0 Å². The van der Waals surface area contributed by atoms with Crippen LogP contribution in [-0.4, -0.2) is 53.9 Å². The monoisotopic (exact) mass is 788 g/mol. The van der Waals surface area contributed by atoms with Gasteiger partial charge in [0.2, 0.25) is 11.9 Å². The Morgan fingerprint density at radius 2 is 1.16 bits per heavy atom. The van der Waals surface area contributed by atoms with Gasteiger partial charge in [-0.25, -0.2) is 34.6 Å². The number of nitrogens with zero attached hydrogens (tertiary/aromatic N) is 8. The zero-order valence-corrected chi connectivity index (χ0v) is 34.1. The molecular formula is C45H44N10O2S. The smallest absolute Gasteiger partial charge is 0.227 e. The molecule has 58 heavy (non-hydrogen) atoms. The molecule has 4 aromatic heterocycles. The Morgan fingerprint density at radius 3 is 1.66 bits per heavy atom. The largest absolute Gasteiger partial charge is 0.496 e. The SMILES string of the molecule is COc1cc(Nc2nc(C)cc(Cc3ccccc3)n2)ccc1-c1cnc(C)s1.COc1cc(Nc2nc(C)cc(Cc3ccccc3)n2)ccc1-n1cnc(C)n1. The van der Waals surface area contributed by atoms with E-state index in [0.29, 0.717) is 23.5 Å². The van der Waals surface area contributed by atoms with Crippen LogP contribution in [0.3, 0.4) is 0 Å². The molecule has 0 amide bonds. The van der Waals surface area contributed by atoms with Crippen molar-refractivity contribution in [1.29, 1.82) is 0 Å². The summed E-state index contributed by atoms with van der Waals surface area (Å²) in [5.74, 6) is 3.31. The first-order valence-corrected chi connectivity index (χ1v) is 19.5. The van der Waals surface area contributed by atoms with Crippen LogP contribution in [-0.2, 0) is 12.8 Å². The quantitative estimate of drug-likeness (QED) is 0.122. The summed E-state index contributed by atoms with van der Waals surface area (Å²) in [4.78, 5) is 28.0. The zero-order chi connectivity index (χ0) is 40.4. The van der Waals surface area contributed by atoms with Crippen LogP contribution in [0.4, 0.5) is 23.3 Å². The molecule has 0 aliphatic rings. The second kappa shape index (κ2) is 18.3. The highest BCUT2D eigenvalue weighted by Crippen LogP contribution is 2.36. The van der Waals surface area contributed by atoms with Gasteiger partial charge in [0.15, 0.2) is 0 Å². The molecule has 0 atom stereocenters. The van der Waals surface area contributed by atoms with E-state index >= 15 is 0 Å². The summed E-state index contributed by atoms with van der Waals surface area (Å²) in [5, 5.41) is 12.0. The Hall–Kier alpha value is -6.99. The second-order valence-corrected chi connectivity index (χ2v) is 14.7. The first-order valence-electron chi connectivity index (χ1n) is 18.7. The van der Waals surface area contributed by atoms with Crippen molar-refractivity contribution < 1.29 is 9.47 Å². The fourth-order valence-corrected chi connectivity index (χ4v) is 7.10. The molecule has 4 heterocycles. The standard InChI is InChI=1S/C23H22N4OS.C22H22N6O/c1-15-11-19(12-17-7-5-4-6-8-17)27-23(25-15)26-18-9-10-20(21(13-18)28-3)22-14-24-16(2)29-22;1-15-11-19(12-17-7-5-4-6-8-17)26-22(24-15)25-18-9-10-20(21(13-18)29-3)28-14-23-16(2)27-28/h4-11,13-14H,12H2,1-3H3,(H,25,26,27);4-11,13-14H,12H2,1-3H3,(H,24,25,26). The maximum Gasteiger partial charge on any atom is 0.227 e. The highest BCUT2D eigenvalue weighted by Gasteiger charge is 2.13. The predicted octanol–water partition coefficient (Wildman–Crippen LogP) is 9.58. The molecule has 4 aromatic carbocycles. The Morgan fingerprint density at radius 1 is 0.603 bits per heavy atom. The summed E-state index contributed by atoms with van der Waals surface area (Å²) in [6.45, 7) is 7.80. The van der Waals surface area contributed by atoms with Crippen LogP contribution in [0.15, 0.2) is 122 Å². The molecule has 8 aromatic rings. The lowest BCUT2D eigenvalue weighted by atomic mass is 10.1. The lowest BCUT2D eigenvalue weighted by molar-refractivity contribution is 0.412. The van der Waals surface area contributed by atoms with Gasteiger partial charge in [-0.3, -0.25) is 0 Å². The molecule has 0 aliphatic carbocycles. The lowest BCUT2D eigenvalue weighted by Gasteiger charge is -2.12. The minimum atomic E-state index is 0.558. The first-order chi connectivity index (χ1) is 28.2. The van der Waals surface area contributed by atoms with Crippen molar-refractivity contribution in [3.63, 3.8) is 0 Å². The predicted molar refractivity (Wildman–Crippen MR) is 230 cm³/mol. The Kier molecular flexibility index (Phi) is 12.4. The number of aromatic nitrogens is 8. The van der Waals surface area contributed by atoms with Crippen molar-refractivity contribution in [2.45, 2.75) is 40.5 Å². The fourth-order valence-electron chi connectivity index (χ4n) is 6.29. The van der Waals surface area contributed by atoms with Gasteiger partial charge >= 0.3 is 0 Å². The van der Waals surface area contributed by atoms with Crippen molar-refractivity contribution in [3.05, 3.63) is 166 Å². The van der Waals surface area contributed by atoms with Crippen LogP contribution in [0.5, 0.6) is 11.5 Å². The number of aryl methyl sites for hydroxylation is 4. The summed E-state index contributed by atoms with van der Waals surface area (Å²) in [7, 11) is 3.31. The van der Waals surface area contributed by atoms with E-state index in [4.69, 9.17) is 14.5 Å². The minimum absolute atomic E-state index is 0.558. The van der Waals surface area contributed by atoms with Crippen molar-refractivity contribution in [3.8, 4) is 27.6 Å². The maximum absolute atomic E-state index is 5.61. The van der Waals surface area contributed by atoms with Gasteiger partial charge < -0.3 is 20.1 Å². The number of benzene rings is 4. The molecule has 0 unspecified atom stereocenters. The van der Waals surface area contributed by atoms with Crippen LogP contribution < -0.4 is 20.1 Å². The summed E-state index contributed by atoms with van der Waals surface area (Å²) >= 11 is 1.65. The molecule has 0 bridgehead atoms. The third-order valence-electron chi connectivity index (χ3n) is 8.90. The van der Waals surface area contributed by atoms with E-state index in [9.17, 15) is 0 Å². The number of rotatable bonds is 12. The summed E-state index contributed by atoms with van der Waals surface area (Å²) in [5.41, 5.74) is 9.78. The number of methoxy groups -OCH3 is 2. The average molecular weight is 789 g/mol. The van der Waals surface area contributed by atoms with Gasteiger partial charge in [-0.2, -0.15) is 5.10 Å². The molecule has 0 saturated heterocycles. The third-order valence-corrected chi connectivity index (χ3v) is 9.85. The number of thiazole rings is 1. The third kappa shape index (κ3) is 10.2. The molecule has 0 aliphatic heterocycles. The van der Waals surface area contributed by atoms with Crippen LogP contribution in [0.25, 0.3) is 16.1 Å². The van der Waals surface area contributed by atoms with Crippen LogP contribution >= 0.6 is 11.3 Å². The Balaban J connectivity index is 0.000000177. The number of ether oxygens (including phenoxy) is 2. The van der Waals surface area contributed by atoms with Gasteiger partial charge in [0.1, 0.15) is 29.3 Å². The average Bonchev–Trinajstić information content (AvgIpc) is 3.86. The molecular weight excluding hydrogens is 745 g/mol. The minimum Gasteiger partial charge on any atom is -0.496 e. The molecule has 0 saturated carbocycles. The van der Waals surface area contributed by atoms with Gasteiger partial charge in [-0.15, -0.1) is 11.3 Å². The molecule has 13 heteroatoms. The number of hydrogen-bond acceptors (Lipinski definition) is 12. The zero-order valence-electron chi connectivity index (χ0n) is 33.3. The van der Waals surface area contributed by atoms with E-state index in [1.54, 1.807) is 36.6 Å². The van der Waals surface area contributed by atoms with Crippen molar-refractivity contribution in [1.82, 2.24) is 39.7 Å². The molecule has 12 nitrogen and oxygen atoms in total. The van der Waals surface area contributed by atoms with Gasteiger partial charge in [0.25, 0.3) is 0 Å². The van der Waals surface area contributed by atoms with Crippen molar-refractivity contribution >= 4 is 34.6 Å². The molecule has 0 fully saturated rings. The van der Waals surface area contributed by atoms with Crippen LogP contribution in [0, 0.1) is 27.7 Å². The Bertz CT molecular complexity index is 2430. The normalized spacial score (nSPS) is 10.7. The van der Waals surface area contributed by atoms with E-state index in [1.807, 2.05) is 119 Å². The number of nitrogens with one attached hydrogen (secondary N) is 2. The van der Waals surface area contributed by atoms with Crippen LogP contribution in [0.1, 0.15) is 44.7 Å². The molecule has 292 valence electrons. The second-order valence-electron chi connectivity index (χ2n) is 13.5. The highest BCUT2D eigenvalue weighted by molar-refractivity contribution is 7.15. The van der Waals surface area contributed by atoms with Gasteiger partial charge in [0.05, 0.1) is 35.5 Å². The molecule has 0 spiro atoms. The Labute approximate surface area is 342 Å². The van der Waals surface area contributed by atoms with Gasteiger partial charge in [0, 0.05) is 59.5 Å². The fraction of sp³-hybridized carbons (Fsp3) is 0.178. The van der Waals surface area contributed by atoms with E-state index in [1.165, 1.54) is 11.1 Å². The maximum atomic E-state index is 5.61. The van der Waals surface area contributed by atoms with E-state index in [0.717, 1.165) is 73.9 Å². The lowest BCUT2D eigenvalue weighted by Crippen LogP contribution is -2.04. The van der Waals surface area contributed by atoms with Gasteiger partial charge in [-0.05, 0) is 75.2 Å². The molecule has 0 radical (unpaired) electrons. The molecule has 2 N–H and O–H groups in total. The van der Waals surface area contributed by atoms with E-state index < -0.39 is 0 Å². The summed E-state index contributed by atoms with van der Waals surface area (Å²) in [6, 6.07) is 36.4. The van der Waals surface area contributed by atoms with Crippen LogP contribution in [0.2, 0.25) is 0 Å². The highest BCUT2D eigenvalue weighted by atomic mass is 32.1.